The molecule has 1 amide bonds. The van der Waals surface area contributed by atoms with Gasteiger partial charge in [0.15, 0.2) is 0 Å². The van der Waals surface area contributed by atoms with Crippen LogP contribution in [0.3, 0.4) is 0 Å². The summed E-state index contributed by atoms with van der Waals surface area (Å²) >= 11 is 0. The highest BCUT2D eigenvalue weighted by Crippen LogP contribution is 2.09. The average molecular weight is 290 g/mol. The minimum absolute atomic E-state index is 0.0836. The van der Waals surface area contributed by atoms with E-state index in [1.807, 2.05) is 31.5 Å². The molecule has 0 radical (unpaired) electrons. The molecule has 7 nitrogen and oxygen atoms in total. The van der Waals surface area contributed by atoms with Crippen molar-refractivity contribution in [3.8, 4) is 0 Å². The Labute approximate surface area is 124 Å². The van der Waals surface area contributed by atoms with Crippen molar-refractivity contribution in [1.29, 1.82) is 0 Å². The lowest BCUT2D eigenvalue weighted by molar-refractivity contribution is -0.122. The number of aryl methyl sites for hydroxylation is 3. The molecule has 0 spiro atoms. The normalized spacial score (nSPS) is 12.4. The van der Waals surface area contributed by atoms with Crippen molar-refractivity contribution in [3.05, 3.63) is 29.6 Å². The third-order valence-electron chi connectivity index (χ3n) is 3.24. The second-order valence-corrected chi connectivity index (χ2v) is 5.22. The van der Waals surface area contributed by atoms with E-state index in [1.165, 1.54) is 6.33 Å². The Bertz CT molecular complexity index is 615. The maximum atomic E-state index is 12.1. The van der Waals surface area contributed by atoms with Crippen LogP contribution >= 0.6 is 0 Å². The fraction of sp³-hybridized carbons (Fsp3) is 0.571. The summed E-state index contributed by atoms with van der Waals surface area (Å²) in [6.07, 6.45) is 2.50. The predicted molar refractivity (Wildman–Crippen MR) is 78.6 cm³/mol. The summed E-state index contributed by atoms with van der Waals surface area (Å²) in [6, 6.07) is 1.78. The molecule has 2 rings (SSSR count). The van der Waals surface area contributed by atoms with E-state index in [9.17, 15) is 4.79 Å². The van der Waals surface area contributed by atoms with Crippen LogP contribution in [-0.4, -0.2) is 30.5 Å². The highest BCUT2D eigenvalue weighted by Gasteiger charge is 2.16. The third-order valence-corrected chi connectivity index (χ3v) is 3.24. The molecule has 0 aliphatic heterocycles. The molecule has 21 heavy (non-hydrogen) atoms. The predicted octanol–water partition coefficient (Wildman–Crippen LogP) is 1.38. The lowest BCUT2D eigenvalue weighted by Crippen LogP contribution is -2.32. The van der Waals surface area contributed by atoms with Gasteiger partial charge in [-0.15, -0.1) is 0 Å². The van der Waals surface area contributed by atoms with Gasteiger partial charge in [-0.25, -0.2) is 9.67 Å². The van der Waals surface area contributed by atoms with Crippen LogP contribution in [-0.2, 0) is 17.9 Å². The molecule has 1 N–H and O–H groups in total. The molecule has 0 aliphatic carbocycles. The van der Waals surface area contributed by atoms with Crippen molar-refractivity contribution < 1.29 is 4.79 Å². The van der Waals surface area contributed by atoms with E-state index in [-0.39, 0.29) is 18.5 Å². The zero-order valence-corrected chi connectivity index (χ0v) is 13.0. The lowest BCUT2D eigenvalue weighted by atomic mass is 10.3. The first-order chi connectivity index (χ1) is 10.0. The monoisotopic (exact) mass is 290 g/mol. The van der Waals surface area contributed by atoms with Crippen molar-refractivity contribution in [2.45, 2.75) is 53.2 Å². The second kappa shape index (κ2) is 6.51. The molecule has 7 heteroatoms. The van der Waals surface area contributed by atoms with Crippen LogP contribution in [0.25, 0.3) is 0 Å². The van der Waals surface area contributed by atoms with E-state index in [2.05, 4.69) is 27.4 Å². The van der Waals surface area contributed by atoms with E-state index < -0.39 is 0 Å². The van der Waals surface area contributed by atoms with Crippen LogP contribution in [0.5, 0.6) is 0 Å². The van der Waals surface area contributed by atoms with E-state index in [0.29, 0.717) is 0 Å². The first kappa shape index (κ1) is 15.2. The maximum absolute atomic E-state index is 12.1. The van der Waals surface area contributed by atoms with Gasteiger partial charge < -0.3 is 5.32 Å². The molecule has 0 aromatic carbocycles. The van der Waals surface area contributed by atoms with Crippen LogP contribution in [0.1, 0.15) is 43.5 Å². The summed E-state index contributed by atoms with van der Waals surface area (Å²) in [7, 11) is 0. The van der Waals surface area contributed by atoms with Crippen molar-refractivity contribution >= 4 is 5.91 Å². The Balaban J connectivity index is 1.98. The van der Waals surface area contributed by atoms with Crippen LogP contribution in [0.2, 0.25) is 0 Å². The summed E-state index contributed by atoms with van der Waals surface area (Å²) in [6.45, 7) is 8.86. The number of hydrogen-bond acceptors (Lipinski definition) is 4. The van der Waals surface area contributed by atoms with E-state index in [1.54, 1.807) is 4.68 Å². The first-order valence-corrected chi connectivity index (χ1v) is 7.19. The topological polar surface area (TPSA) is 77.6 Å². The lowest BCUT2D eigenvalue weighted by Gasteiger charge is -2.14. The molecule has 2 aromatic rings. The Hall–Kier alpha value is -2.18. The summed E-state index contributed by atoms with van der Waals surface area (Å²) in [5, 5.41) is 11.4. The molecule has 2 aromatic heterocycles. The molecule has 0 saturated carbocycles. The highest BCUT2D eigenvalue weighted by atomic mass is 16.2. The fourth-order valence-corrected chi connectivity index (χ4v) is 2.32. The first-order valence-electron chi connectivity index (χ1n) is 7.19. The van der Waals surface area contributed by atoms with Gasteiger partial charge in [0.2, 0.25) is 5.91 Å². The Kier molecular flexibility index (Phi) is 4.72. The summed E-state index contributed by atoms with van der Waals surface area (Å²) < 4.78 is 3.53. The van der Waals surface area contributed by atoms with Gasteiger partial charge in [-0.3, -0.25) is 9.48 Å². The highest BCUT2D eigenvalue weighted by molar-refractivity contribution is 5.76. The maximum Gasteiger partial charge on any atom is 0.242 e. The molecule has 114 valence electrons. The number of hydrogen-bond donors (Lipinski definition) is 1. The molecular formula is C14H22N6O. The minimum atomic E-state index is -0.177. The SMILES string of the molecule is CCCn1ncnc1[C@@H](C)NC(=O)Cn1nc(C)cc1C. The molecule has 0 bridgehead atoms. The summed E-state index contributed by atoms with van der Waals surface area (Å²) in [5.41, 5.74) is 1.89. The van der Waals surface area contributed by atoms with Gasteiger partial charge in [-0.1, -0.05) is 6.92 Å². The fourth-order valence-electron chi connectivity index (χ4n) is 2.32. The van der Waals surface area contributed by atoms with Gasteiger partial charge >= 0.3 is 0 Å². The van der Waals surface area contributed by atoms with Crippen LogP contribution in [0, 0.1) is 13.8 Å². The van der Waals surface area contributed by atoms with E-state index in [4.69, 9.17) is 0 Å². The number of amides is 1. The molecule has 0 aliphatic rings. The minimum Gasteiger partial charge on any atom is -0.345 e. The average Bonchev–Trinajstić information content (AvgIpc) is 2.97. The van der Waals surface area contributed by atoms with Crippen molar-refractivity contribution in [3.63, 3.8) is 0 Å². The third kappa shape index (κ3) is 3.68. The van der Waals surface area contributed by atoms with Gasteiger partial charge in [0.05, 0.1) is 11.7 Å². The Morgan fingerprint density at radius 1 is 1.38 bits per heavy atom. The molecule has 0 saturated heterocycles. The molecule has 1 atom stereocenters. The largest absolute Gasteiger partial charge is 0.345 e. The Morgan fingerprint density at radius 3 is 2.76 bits per heavy atom. The van der Waals surface area contributed by atoms with Crippen molar-refractivity contribution in [2.24, 2.45) is 0 Å². The van der Waals surface area contributed by atoms with Crippen molar-refractivity contribution in [1.82, 2.24) is 29.9 Å². The van der Waals surface area contributed by atoms with Gasteiger partial charge in [-0.2, -0.15) is 10.2 Å². The number of rotatable bonds is 6. The second-order valence-electron chi connectivity index (χ2n) is 5.22. The number of carbonyl (C=O) groups is 1. The van der Waals surface area contributed by atoms with Gasteiger partial charge in [0.25, 0.3) is 0 Å². The zero-order valence-electron chi connectivity index (χ0n) is 13.0. The Morgan fingerprint density at radius 2 is 2.14 bits per heavy atom. The molecule has 0 unspecified atom stereocenters. The number of carbonyl (C=O) groups excluding carboxylic acids is 1. The summed E-state index contributed by atoms with van der Waals surface area (Å²) in [4.78, 5) is 16.4. The van der Waals surface area contributed by atoms with Crippen LogP contribution < -0.4 is 5.32 Å². The standard InChI is InChI=1S/C14H22N6O/c1-5-6-19-14(15-9-16-19)12(4)17-13(21)8-20-11(3)7-10(2)18-20/h7,9,12H,5-6,8H2,1-4H3,(H,17,21)/t12-/m1/s1. The van der Waals surface area contributed by atoms with Crippen LogP contribution in [0.15, 0.2) is 12.4 Å². The molecule has 2 heterocycles. The van der Waals surface area contributed by atoms with E-state index >= 15 is 0 Å². The van der Waals surface area contributed by atoms with Gasteiger partial charge in [0, 0.05) is 12.2 Å². The number of nitrogens with zero attached hydrogens (tertiary/aromatic N) is 5. The number of nitrogens with one attached hydrogen (secondary N) is 1. The van der Waals surface area contributed by atoms with Crippen molar-refractivity contribution in [2.75, 3.05) is 0 Å². The van der Waals surface area contributed by atoms with Crippen LogP contribution in [0.4, 0.5) is 0 Å². The smallest absolute Gasteiger partial charge is 0.242 e. The van der Waals surface area contributed by atoms with E-state index in [0.717, 1.165) is 30.2 Å². The molecular weight excluding hydrogens is 268 g/mol. The number of aromatic nitrogens is 5. The van der Waals surface area contributed by atoms with Gasteiger partial charge in [0.1, 0.15) is 18.7 Å². The zero-order chi connectivity index (χ0) is 15.4. The molecule has 0 fully saturated rings. The van der Waals surface area contributed by atoms with Gasteiger partial charge in [-0.05, 0) is 33.3 Å². The quantitative estimate of drug-likeness (QED) is 0.872. The summed E-state index contributed by atoms with van der Waals surface area (Å²) in [5.74, 6) is 0.693.